The van der Waals surface area contributed by atoms with E-state index >= 15 is 0 Å². The van der Waals surface area contributed by atoms with E-state index in [4.69, 9.17) is 24.9 Å². The number of fused-ring (bicyclic) bond motifs is 6. The van der Waals surface area contributed by atoms with Crippen LogP contribution in [0, 0.1) is 0 Å². The second-order valence-corrected chi connectivity index (χ2v) is 15.8. The van der Waals surface area contributed by atoms with Crippen molar-refractivity contribution < 1.29 is 0 Å². The van der Waals surface area contributed by atoms with Gasteiger partial charge in [0.2, 0.25) is 0 Å². The minimum atomic E-state index is 0.642. The molecule has 11 aromatic rings. The van der Waals surface area contributed by atoms with E-state index in [0.29, 0.717) is 17.5 Å². The third kappa shape index (κ3) is 5.64. The topological polar surface area (TPSA) is 64.5 Å². The van der Waals surface area contributed by atoms with Gasteiger partial charge >= 0.3 is 0 Å². The molecule has 0 N–H and O–H groups in total. The molecule has 0 aliphatic carbocycles. The fourth-order valence-electron chi connectivity index (χ4n) is 7.41. The van der Waals surface area contributed by atoms with Crippen LogP contribution in [0.25, 0.3) is 108 Å². The molecular formula is C49H29N5S2. The molecule has 0 atom stereocenters. The first kappa shape index (κ1) is 32.5. The van der Waals surface area contributed by atoms with E-state index in [-0.39, 0.29) is 0 Å². The number of rotatable bonds is 6. The largest absolute Gasteiger partial charge is 0.226 e. The summed E-state index contributed by atoms with van der Waals surface area (Å²) < 4.78 is 4.74. The summed E-state index contributed by atoms with van der Waals surface area (Å²) in [5.41, 5.74) is 9.23. The lowest BCUT2D eigenvalue weighted by molar-refractivity contribution is 1.07. The number of aromatic nitrogens is 5. The van der Waals surface area contributed by atoms with Gasteiger partial charge in [-0.2, -0.15) is 0 Å². The Labute approximate surface area is 330 Å². The van der Waals surface area contributed by atoms with Crippen LogP contribution in [0.3, 0.4) is 0 Å². The van der Waals surface area contributed by atoms with Gasteiger partial charge in [-0.1, -0.05) is 158 Å². The van der Waals surface area contributed by atoms with Crippen LogP contribution >= 0.6 is 22.7 Å². The van der Waals surface area contributed by atoms with E-state index in [1.54, 1.807) is 22.7 Å². The molecule has 0 radical (unpaired) electrons. The molecule has 5 nitrogen and oxygen atoms in total. The average Bonchev–Trinajstić information content (AvgIpc) is 3.85. The van der Waals surface area contributed by atoms with Gasteiger partial charge in [0.1, 0.15) is 0 Å². The van der Waals surface area contributed by atoms with Gasteiger partial charge in [0.25, 0.3) is 0 Å². The maximum Gasteiger partial charge on any atom is 0.164 e. The summed E-state index contributed by atoms with van der Waals surface area (Å²) in [6.45, 7) is 0. The molecule has 56 heavy (non-hydrogen) atoms. The van der Waals surface area contributed by atoms with Crippen LogP contribution in [0.5, 0.6) is 0 Å². The Morgan fingerprint density at radius 3 is 1.52 bits per heavy atom. The Kier molecular flexibility index (Phi) is 7.79. The van der Waals surface area contributed by atoms with Gasteiger partial charge in [0.15, 0.2) is 23.3 Å². The maximum absolute atomic E-state index is 5.29. The number of thiophene rings is 2. The predicted octanol–water partition coefficient (Wildman–Crippen LogP) is 13.4. The molecular weight excluding hydrogens is 723 g/mol. The standard InChI is InChI=1S/C49H29N5S2/c1-4-13-31(14-5-1)42-45-43(38-19-10-11-22-40(38)55-45)51-49(50-42)39-21-12-20-37-36-28-27-35(29-41(36)56-44(37)39)30-23-25-34(26-24-30)48-53-46(32-15-6-2-7-16-32)52-47(54-48)33-17-8-3-9-18-33/h1-29H. The molecule has 11 rings (SSSR count). The fraction of sp³-hybridized carbons (Fsp3) is 0. The molecule has 7 aromatic carbocycles. The molecule has 0 bridgehead atoms. The minimum Gasteiger partial charge on any atom is -0.226 e. The van der Waals surface area contributed by atoms with Crippen molar-refractivity contribution in [3.05, 3.63) is 176 Å². The quantitative estimate of drug-likeness (QED) is 0.169. The predicted molar refractivity (Wildman–Crippen MR) is 234 cm³/mol. The molecule has 4 aromatic heterocycles. The van der Waals surface area contributed by atoms with Crippen molar-refractivity contribution in [2.75, 3.05) is 0 Å². The monoisotopic (exact) mass is 751 g/mol. The van der Waals surface area contributed by atoms with Gasteiger partial charge in [0.05, 0.1) is 15.9 Å². The van der Waals surface area contributed by atoms with E-state index < -0.39 is 0 Å². The van der Waals surface area contributed by atoms with Gasteiger partial charge in [0, 0.05) is 58.1 Å². The summed E-state index contributed by atoms with van der Waals surface area (Å²) >= 11 is 3.56. The zero-order valence-electron chi connectivity index (χ0n) is 29.8. The highest BCUT2D eigenvalue weighted by molar-refractivity contribution is 7.26. The second kappa shape index (κ2) is 13.4. The van der Waals surface area contributed by atoms with Crippen LogP contribution in [0.1, 0.15) is 0 Å². The molecule has 0 spiro atoms. The Hall–Kier alpha value is -6.93. The number of hydrogen-bond acceptors (Lipinski definition) is 7. The summed E-state index contributed by atoms with van der Waals surface area (Å²) in [4.78, 5) is 25.3. The van der Waals surface area contributed by atoms with Gasteiger partial charge in [-0.15, -0.1) is 22.7 Å². The van der Waals surface area contributed by atoms with E-state index in [1.165, 1.54) is 24.9 Å². The average molecular weight is 752 g/mol. The van der Waals surface area contributed by atoms with Crippen molar-refractivity contribution >= 4 is 63.1 Å². The first-order valence-corrected chi connectivity index (χ1v) is 20.0. The Bertz CT molecular complexity index is 3170. The van der Waals surface area contributed by atoms with Gasteiger partial charge in [-0.05, 0) is 29.3 Å². The highest BCUT2D eigenvalue weighted by Crippen LogP contribution is 2.43. The van der Waals surface area contributed by atoms with Crippen molar-refractivity contribution in [1.82, 2.24) is 24.9 Å². The Morgan fingerprint density at radius 2 is 0.839 bits per heavy atom. The third-order valence-corrected chi connectivity index (χ3v) is 12.6. The molecule has 0 unspecified atom stereocenters. The lowest BCUT2D eigenvalue weighted by Crippen LogP contribution is -2.00. The van der Waals surface area contributed by atoms with E-state index in [9.17, 15) is 0 Å². The Morgan fingerprint density at radius 1 is 0.304 bits per heavy atom. The highest BCUT2D eigenvalue weighted by atomic mass is 32.1. The highest BCUT2D eigenvalue weighted by Gasteiger charge is 2.19. The molecule has 0 saturated heterocycles. The third-order valence-electron chi connectivity index (χ3n) is 10.2. The molecule has 7 heteroatoms. The van der Waals surface area contributed by atoms with Gasteiger partial charge in [-0.3, -0.25) is 0 Å². The van der Waals surface area contributed by atoms with Crippen molar-refractivity contribution in [3.63, 3.8) is 0 Å². The molecule has 0 amide bonds. The molecule has 262 valence electrons. The smallest absolute Gasteiger partial charge is 0.164 e. The maximum atomic E-state index is 5.29. The summed E-state index contributed by atoms with van der Waals surface area (Å²) in [6.07, 6.45) is 0. The fourth-order valence-corrected chi connectivity index (χ4v) is 9.81. The number of benzene rings is 7. The molecule has 0 fully saturated rings. The summed E-state index contributed by atoms with van der Waals surface area (Å²) in [5, 5.41) is 3.60. The summed E-state index contributed by atoms with van der Waals surface area (Å²) in [7, 11) is 0. The second-order valence-electron chi connectivity index (χ2n) is 13.6. The SMILES string of the molecule is c1ccc(-c2nc(-c3ccccc3)nc(-c3ccc(-c4ccc5c(c4)sc4c(-c6nc(-c7ccccc7)c7sc8ccccc8c7n6)cccc45)cc3)n2)cc1. The number of hydrogen-bond donors (Lipinski definition) is 0. The normalized spacial score (nSPS) is 11.6. The Balaban J connectivity index is 0.989. The first-order chi connectivity index (χ1) is 27.7. The van der Waals surface area contributed by atoms with E-state index in [2.05, 4.69) is 109 Å². The molecule has 0 aliphatic heterocycles. The molecule has 0 saturated carbocycles. The van der Waals surface area contributed by atoms with Crippen molar-refractivity contribution in [3.8, 4) is 67.9 Å². The lowest BCUT2D eigenvalue weighted by Gasteiger charge is -2.09. The van der Waals surface area contributed by atoms with E-state index in [1.807, 2.05) is 66.7 Å². The van der Waals surface area contributed by atoms with E-state index in [0.717, 1.165) is 66.1 Å². The minimum absolute atomic E-state index is 0.642. The van der Waals surface area contributed by atoms with Crippen molar-refractivity contribution in [2.45, 2.75) is 0 Å². The van der Waals surface area contributed by atoms with Crippen LogP contribution in [0.4, 0.5) is 0 Å². The number of nitrogens with zero attached hydrogens (tertiary/aromatic N) is 5. The van der Waals surface area contributed by atoms with Crippen LogP contribution < -0.4 is 0 Å². The first-order valence-electron chi connectivity index (χ1n) is 18.4. The lowest BCUT2D eigenvalue weighted by atomic mass is 10.0. The van der Waals surface area contributed by atoms with Crippen LogP contribution in [0.2, 0.25) is 0 Å². The van der Waals surface area contributed by atoms with Gasteiger partial charge < -0.3 is 0 Å². The van der Waals surface area contributed by atoms with Crippen molar-refractivity contribution in [2.24, 2.45) is 0 Å². The summed E-state index contributed by atoms with van der Waals surface area (Å²) in [5.74, 6) is 2.69. The molecule has 0 aliphatic rings. The van der Waals surface area contributed by atoms with Gasteiger partial charge in [-0.25, -0.2) is 24.9 Å². The summed E-state index contributed by atoms with van der Waals surface area (Å²) in [6, 6.07) is 60.9. The molecule has 4 heterocycles. The van der Waals surface area contributed by atoms with Crippen LogP contribution in [-0.4, -0.2) is 24.9 Å². The zero-order valence-corrected chi connectivity index (χ0v) is 31.4. The van der Waals surface area contributed by atoms with Crippen LogP contribution in [0.15, 0.2) is 176 Å². The van der Waals surface area contributed by atoms with Crippen LogP contribution in [-0.2, 0) is 0 Å². The van der Waals surface area contributed by atoms with Crippen molar-refractivity contribution in [1.29, 1.82) is 0 Å². The zero-order chi connectivity index (χ0) is 37.0.